The Bertz CT molecular complexity index is 351. The maximum absolute atomic E-state index is 10.4. The second kappa shape index (κ2) is 5.09. The van der Waals surface area contributed by atoms with E-state index in [4.69, 9.17) is 14.6 Å². The van der Waals surface area contributed by atoms with Gasteiger partial charge in [-0.05, 0) is 12.1 Å². The van der Waals surface area contributed by atoms with Crippen molar-refractivity contribution in [2.75, 3.05) is 26.1 Å². The monoisotopic (exact) mass is 211 g/mol. The minimum Gasteiger partial charge on any atom is -0.497 e. The molecule has 1 aromatic carbocycles. The maximum atomic E-state index is 10.4. The van der Waals surface area contributed by atoms with Crippen molar-refractivity contribution in [1.29, 1.82) is 0 Å². The highest BCUT2D eigenvalue weighted by Crippen LogP contribution is 2.28. The first-order valence-electron chi connectivity index (χ1n) is 4.35. The number of hydrogen-bond donors (Lipinski definition) is 2. The highest BCUT2D eigenvalue weighted by Gasteiger charge is 2.05. The van der Waals surface area contributed by atoms with Gasteiger partial charge in [-0.3, -0.25) is 4.79 Å². The minimum absolute atomic E-state index is 0.150. The predicted molar refractivity (Wildman–Crippen MR) is 55.7 cm³/mol. The first-order valence-corrected chi connectivity index (χ1v) is 4.35. The molecule has 0 fully saturated rings. The van der Waals surface area contributed by atoms with Crippen LogP contribution in [0.5, 0.6) is 11.5 Å². The van der Waals surface area contributed by atoms with Crippen LogP contribution in [0.25, 0.3) is 0 Å². The molecule has 0 aliphatic carbocycles. The van der Waals surface area contributed by atoms with Crippen molar-refractivity contribution >= 4 is 11.7 Å². The van der Waals surface area contributed by atoms with Gasteiger partial charge in [0.2, 0.25) is 0 Å². The Kier molecular flexibility index (Phi) is 3.79. The molecule has 0 aliphatic rings. The molecule has 2 N–H and O–H groups in total. The number of anilines is 1. The van der Waals surface area contributed by atoms with Crippen LogP contribution in [-0.2, 0) is 4.79 Å². The third-order valence-corrected chi connectivity index (χ3v) is 1.84. The fraction of sp³-hybridized carbons (Fsp3) is 0.300. The van der Waals surface area contributed by atoms with E-state index in [0.29, 0.717) is 17.2 Å². The van der Waals surface area contributed by atoms with E-state index in [1.54, 1.807) is 25.3 Å². The summed E-state index contributed by atoms with van der Waals surface area (Å²) >= 11 is 0. The number of nitrogens with one attached hydrogen (secondary N) is 1. The van der Waals surface area contributed by atoms with Crippen molar-refractivity contribution in [2.24, 2.45) is 0 Å². The summed E-state index contributed by atoms with van der Waals surface area (Å²) in [6, 6.07) is 5.12. The minimum atomic E-state index is -0.923. The summed E-state index contributed by atoms with van der Waals surface area (Å²) in [5.41, 5.74) is 0.626. The van der Waals surface area contributed by atoms with Gasteiger partial charge >= 0.3 is 5.97 Å². The lowest BCUT2D eigenvalue weighted by Crippen LogP contribution is -2.12. The van der Waals surface area contributed by atoms with Crippen LogP contribution in [0, 0.1) is 0 Å². The largest absolute Gasteiger partial charge is 0.497 e. The van der Waals surface area contributed by atoms with Crippen LogP contribution in [-0.4, -0.2) is 31.8 Å². The van der Waals surface area contributed by atoms with Gasteiger partial charge in [0.25, 0.3) is 0 Å². The molecule has 0 heterocycles. The van der Waals surface area contributed by atoms with Crippen molar-refractivity contribution in [3.8, 4) is 11.5 Å². The Balaban J connectivity index is 2.82. The summed E-state index contributed by atoms with van der Waals surface area (Å²) in [5.74, 6) is 0.288. The van der Waals surface area contributed by atoms with E-state index in [1.165, 1.54) is 7.11 Å². The van der Waals surface area contributed by atoms with Crippen LogP contribution in [0.2, 0.25) is 0 Å². The topological polar surface area (TPSA) is 67.8 Å². The fourth-order valence-corrected chi connectivity index (χ4v) is 1.12. The molecule has 0 atom stereocenters. The summed E-state index contributed by atoms with van der Waals surface area (Å²) < 4.78 is 10.1. The van der Waals surface area contributed by atoms with Crippen molar-refractivity contribution in [3.63, 3.8) is 0 Å². The second-order valence-corrected chi connectivity index (χ2v) is 2.81. The number of aliphatic carboxylic acids is 1. The number of rotatable bonds is 5. The smallest absolute Gasteiger partial charge is 0.322 e. The molecule has 0 unspecified atom stereocenters. The summed E-state index contributed by atoms with van der Waals surface area (Å²) in [6.07, 6.45) is 0. The molecule has 0 radical (unpaired) electrons. The van der Waals surface area contributed by atoms with Crippen LogP contribution >= 0.6 is 0 Å². The van der Waals surface area contributed by atoms with Crippen molar-refractivity contribution < 1.29 is 19.4 Å². The number of ether oxygens (including phenoxy) is 2. The third kappa shape index (κ3) is 3.05. The Hall–Kier alpha value is -1.91. The summed E-state index contributed by atoms with van der Waals surface area (Å²) in [6.45, 7) is -0.150. The number of carboxylic acids is 1. The summed E-state index contributed by atoms with van der Waals surface area (Å²) in [7, 11) is 3.07. The standard InChI is InChI=1S/C10H13NO4/c1-14-7-3-4-8(9(5-7)15-2)11-6-10(12)13/h3-5,11H,6H2,1-2H3,(H,12,13). The van der Waals surface area contributed by atoms with Gasteiger partial charge in [0.1, 0.15) is 18.0 Å². The van der Waals surface area contributed by atoms with Gasteiger partial charge in [0, 0.05) is 6.07 Å². The number of methoxy groups -OCH3 is 2. The molecule has 5 heteroatoms. The Morgan fingerprint density at radius 3 is 2.67 bits per heavy atom. The average molecular weight is 211 g/mol. The molecule has 0 spiro atoms. The molecule has 0 bridgehead atoms. The lowest BCUT2D eigenvalue weighted by atomic mass is 10.2. The van der Waals surface area contributed by atoms with Crippen LogP contribution < -0.4 is 14.8 Å². The van der Waals surface area contributed by atoms with E-state index in [2.05, 4.69) is 5.32 Å². The summed E-state index contributed by atoms with van der Waals surface area (Å²) in [5, 5.41) is 11.2. The Labute approximate surface area is 87.6 Å². The van der Waals surface area contributed by atoms with E-state index in [9.17, 15) is 4.79 Å². The molecule has 0 saturated heterocycles. The molecule has 0 aliphatic heterocycles. The highest BCUT2D eigenvalue weighted by atomic mass is 16.5. The molecule has 0 amide bonds. The molecule has 1 aromatic rings. The van der Waals surface area contributed by atoms with Crippen LogP contribution in [0.15, 0.2) is 18.2 Å². The highest BCUT2D eigenvalue weighted by molar-refractivity contribution is 5.74. The van der Waals surface area contributed by atoms with Gasteiger partial charge in [-0.2, -0.15) is 0 Å². The van der Waals surface area contributed by atoms with Gasteiger partial charge in [-0.1, -0.05) is 0 Å². The Morgan fingerprint density at radius 2 is 2.13 bits per heavy atom. The summed E-state index contributed by atoms with van der Waals surface area (Å²) in [4.78, 5) is 10.4. The van der Waals surface area contributed by atoms with Crippen molar-refractivity contribution in [3.05, 3.63) is 18.2 Å². The SMILES string of the molecule is COc1ccc(NCC(=O)O)c(OC)c1. The molecule has 0 aromatic heterocycles. The molecule has 1 rings (SSSR count). The van der Waals surface area contributed by atoms with E-state index in [0.717, 1.165) is 0 Å². The van der Waals surface area contributed by atoms with E-state index < -0.39 is 5.97 Å². The predicted octanol–water partition coefficient (Wildman–Crippen LogP) is 1.20. The maximum Gasteiger partial charge on any atom is 0.322 e. The molecule has 82 valence electrons. The average Bonchev–Trinajstić information content (AvgIpc) is 2.25. The van der Waals surface area contributed by atoms with E-state index in [-0.39, 0.29) is 6.54 Å². The van der Waals surface area contributed by atoms with Gasteiger partial charge < -0.3 is 19.9 Å². The van der Waals surface area contributed by atoms with Crippen LogP contribution in [0.1, 0.15) is 0 Å². The van der Waals surface area contributed by atoms with Gasteiger partial charge in [-0.15, -0.1) is 0 Å². The normalized spacial score (nSPS) is 9.47. The van der Waals surface area contributed by atoms with E-state index >= 15 is 0 Å². The number of benzene rings is 1. The van der Waals surface area contributed by atoms with E-state index in [1.807, 2.05) is 0 Å². The van der Waals surface area contributed by atoms with Crippen molar-refractivity contribution in [2.45, 2.75) is 0 Å². The zero-order valence-corrected chi connectivity index (χ0v) is 8.61. The van der Waals surface area contributed by atoms with Gasteiger partial charge in [0.05, 0.1) is 19.9 Å². The van der Waals surface area contributed by atoms with Crippen molar-refractivity contribution in [1.82, 2.24) is 0 Å². The first-order chi connectivity index (χ1) is 7.17. The molecule has 5 nitrogen and oxygen atoms in total. The molecule has 15 heavy (non-hydrogen) atoms. The number of carboxylic acid groups (broad SMARTS) is 1. The molecular formula is C10H13NO4. The quantitative estimate of drug-likeness (QED) is 0.766. The van der Waals surface area contributed by atoms with Crippen LogP contribution in [0.4, 0.5) is 5.69 Å². The zero-order valence-electron chi connectivity index (χ0n) is 8.61. The first kappa shape index (κ1) is 11.2. The van der Waals surface area contributed by atoms with Gasteiger partial charge in [-0.25, -0.2) is 0 Å². The zero-order chi connectivity index (χ0) is 11.3. The van der Waals surface area contributed by atoms with Crippen LogP contribution in [0.3, 0.4) is 0 Å². The molecule has 0 saturated carbocycles. The Morgan fingerprint density at radius 1 is 1.40 bits per heavy atom. The number of hydrogen-bond acceptors (Lipinski definition) is 4. The van der Waals surface area contributed by atoms with Gasteiger partial charge in [0.15, 0.2) is 0 Å². The molecular weight excluding hydrogens is 198 g/mol. The lowest BCUT2D eigenvalue weighted by molar-refractivity contribution is -0.134. The fourth-order valence-electron chi connectivity index (χ4n) is 1.12. The second-order valence-electron chi connectivity index (χ2n) is 2.81. The number of carbonyl (C=O) groups is 1. The lowest BCUT2D eigenvalue weighted by Gasteiger charge is -2.10. The third-order valence-electron chi connectivity index (χ3n) is 1.84.